The smallest absolute Gasteiger partial charge is 0.240 e. The highest BCUT2D eigenvalue weighted by Gasteiger charge is 2.21. The molecule has 2 rings (SSSR count). The Morgan fingerprint density at radius 2 is 1.76 bits per heavy atom. The van der Waals surface area contributed by atoms with Crippen molar-refractivity contribution in [2.45, 2.75) is 10.9 Å². The van der Waals surface area contributed by atoms with Crippen molar-refractivity contribution in [3.05, 3.63) is 58.1 Å². The lowest BCUT2D eigenvalue weighted by atomic mass is 10.1. The van der Waals surface area contributed by atoms with Gasteiger partial charge in [-0.05, 0) is 50.0 Å². The van der Waals surface area contributed by atoms with Crippen molar-refractivity contribution in [1.29, 1.82) is 0 Å². The summed E-state index contributed by atoms with van der Waals surface area (Å²) in [5.41, 5.74) is 0.941. The van der Waals surface area contributed by atoms with E-state index in [0.717, 1.165) is 5.56 Å². The van der Waals surface area contributed by atoms with Crippen molar-refractivity contribution < 1.29 is 13.2 Å². The zero-order valence-electron chi connectivity index (χ0n) is 14.2. The molecule has 0 aliphatic carbocycles. The number of halogens is 2. The summed E-state index contributed by atoms with van der Waals surface area (Å²) in [5, 5.41) is 0.537. The van der Waals surface area contributed by atoms with Crippen LogP contribution in [0.2, 0.25) is 10.0 Å². The molecule has 8 heteroatoms. The number of methoxy groups -OCH3 is 1. The molecule has 0 bridgehead atoms. The quantitative estimate of drug-likeness (QED) is 0.768. The van der Waals surface area contributed by atoms with Crippen LogP contribution in [0.1, 0.15) is 11.6 Å². The Kier molecular flexibility index (Phi) is 6.71. The van der Waals surface area contributed by atoms with Gasteiger partial charge in [0, 0.05) is 22.6 Å². The van der Waals surface area contributed by atoms with Gasteiger partial charge >= 0.3 is 0 Å². The Morgan fingerprint density at radius 1 is 1.12 bits per heavy atom. The number of sulfonamides is 1. The molecule has 136 valence electrons. The minimum atomic E-state index is -3.73. The second kappa shape index (κ2) is 8.38. The van der Waals surface area contributed by atoms with E-state index < -0.39 is 10.0 Å². The van der Waals surface area contributed by atoms with Crippen LogP contribution in [-0.2, 0) is 10.0 Å². The van der Waals surface area contributed by atoms with Crippen molar-refractivity contribution in [3.8, 4) is 5.75 Å². The van der Waals surface area contributed by atoms with Crippen LogP contribution >= 0.6 is 23.2 Å². The van der Waals surface area contributed by atoms with Crippen molar-refractivity contribution in [3.63, 3.8) is 0 Å². The number of hydrogen-bond donors (Lipinski definition) is 1. The molecule has 1 atom stereocenters. The minimum absolute atomic E-state index is 0.0353. The van der Waals surface area contributed by atoms with Gasteiger partial charge in [0.1, 0.15) is 5.75 Å². The molecular formula is C17H20Cl2N2O3S. The number of nitrogens with zero attached hydrogens (tertiary/aromatic N) is 1. The SMILES string of the molecule is COc1cccc(C(CNS(=O)(=O)c2cc(Cl)cc(Cl)c2)N(C)C)c1. The summed E-state index contributed by atoms with van der Waals surface area (Å²) in [6.45, 7) is 0.187. The number of rotatable bonds is 7. The molecule has 25 heavy (non-hydrogen) atoms. The lowest BCUT2D eigenvalue weighted by Crippen LogP contribution is -2.34. The van der Waals surface area contributed by atoms with Crippen LogP contribution in [0, 0.1) is 0 Å². The average Bonchev–Trinajstić information content (AvgIpc) is 2.54. The van der Waals surface area contributed by atoms with Crippen LogP contribution < -0.4 is 9.46 Å². The van der Waals surface area contributed by atoms with E-state index in [2.05, 4.69) is 4.72 Å². The summed E-state index contributed by atoms with van der Waals surface area (Å²) in [4.78, 5) is 1.97. The summed E-state index contributed by atoms with van der Waals surface area (Å²) in [6.07, 6.45) is 0. The second-order valence-corrected chi connectivity index (χ2v) is 8.35. The molecule has 1 unspecified atom stereocenters. The first kappa shape index (κ1) is 20.0. The molecule has 0 heterocycles. The molecule has 0 saturated heterocycles. The van der Waals surface area contributed by atoms with Crippen LogP contribution in [0.3, 0.4) is 0 Å². The highest BCUT2D eigenvalue weighted by molar-refractivity contribution is 7.89. The first-order valence-electron chi connectivity index (χ1n) is 7.49. The molecule has 0 aliphatic rings. The van der Waals surface area contributed by atoms with Crippen LogP contribution in [0.15, 0.2) is 47.4 Å². The van der Waals surface area contributed by atoms with Gasteiger partial charge in [0.15, 0.2) is 0 Å². The standard InChI is InChI=1S/C17H20Cl2N2O3S/c1-21(2)17(12-5-4-6-15(7-12)24-3)11-20-25(22,23)16-9-13(18)8-14(19)10-16/h4-10,17,20H,11H2,1-3H3. The maximum Gasteiger partial charge on any atom is 0.240 e. The Morgan fingerprint density at radius 3 is 2.32 bits per heavy atom. The maximum atomic E-state index is 12.5. The fourth-order valence-electron chi connectivity index (χ4n) is 2.40. The third kappa shape index (κ3) is 5.33. The van der Waals surface area contributed by atoms with Gasteiger partial charge < -0.3 is 9.64 Å². The summed E-state index contributed by atoms with van der Waals surface area (Å²) in [6, 6.07) is 11.6. The predicted octanol–water partition coefficient (Wildman–Crippen LogP) is 3.58. The number of benzene rings is 2. The highest BCUT2D eigenvalue weighted by Crippen LogP contribution is 2.24. The normalized spacial score (nSPS) is 13.0. The number of ether oxygens (including phenoxy) is 1. The van der Waals surface area contributed by atoms with Crippen molar-refractivity contribution >= 4 is 33.2 Å². The van der Waals surface area contributed by atoms with E-state index in [1.54, 1.807) is 7.11 Å². The van der Waals surface area contributed by atoms with E-state index in [4.69, 9.17) is 27.9 Å². The highest BCUT2D eigenvalue weighted by atomic mass is 35.5. The molecule has 0 aromatic heterocycles. The van der Waals surface area contributed by atoms with E-state index in [-0.39, 0.29) is 27.5 Å². The summed E-state index contributed by atoms with van der Waals surface area (Å²) in [5.74, 6) is 0.717. The third-order valence-electron chi connectivity index (χ3n) is 3.71. The molecule has 2 aromatic carbocycles. The monoisotopic (exact) mass is 402 g/mol. The van der Waals surface area contributed by atoms with Crippen LogP contribution in [-0.4, -0.2) is 41.1 Å². The number of nitrogens with one attached hydrogen (secondary N) is 1. The molecule has 0 amide bonds. The van der Waals surface area contributed by atoms with Crippen molar-refractivity contribution in [2.75, 3.05) is 27.7 Å². The fourth-order valence-corrected chi connectivity index (χ4v) is 4.17. The fraction of sp³-hybridized carbons (Fsp3) is 0.294. The van der Waals surface area contributed by atoms with Crippen molar-refractivity contribution in [1.82, 2.24) is 9.62 Å². The predicted molar refractivity (Wildman–Crippen MR) is 101 cm³/mol. The summed E-state index contributed by atoms with van der Waals surface area (Å²) < 4.78 is 33.0. The van der Waals surface area contributed by atoms with E-state index in [9.17, 15) is 8.42 Å². The molecule has 1 N–H and O–H groups in total. The summed E-state index contributed by atoms with van der Waals surface area (Å²) in [7, 11) is 1.63. The largest absolute Gasteiger partial charge is 0.497 e. The van der Waals surface area contributed by atoms with Gasteiger partial charge in [0.05, 0.1) is 12.0 Å². The van der Waals surface area contributed by atoms with Gasteiger partial charge in [-0.1, -0.05) is 35.3 Å². The number of likely N-dealkylation sites (N-methyl/N-ethyl adjacent to an activating group) is 1. The lowest BCUT2D eigenvalue weighted by Gasteiger charge is -2.25. The molecular weight excluding hydrogens is 383 g/mol. The van der Waals surface area contributed by atoms with Crippen LogP contribution in [0.4, 0.5) is 0 Å². The average molecular weight is 403 g/mol. The van der Waals surface area contributed by atoms with E-state index >= 15 is 0 Å². The molecule has 0 saturated carbocycles. The van der Waals surface area contributed by atoms with E-state index in [0.29, 0.717) is 5.75 Å². The lowest BCUT2D eigenvalue weighted by molar-refractivity contribution is 0.298. The van der Waals surface area contributed by atoms with Gasteiger partial charge in [0.2, 0.25) is 10.0 Å². The third-order valence-corrected chi connectivity index (χ3v) is 5.55. The number of hydrogen-bond acceptors (Lipinski definition) is 4. The molecule has 5 nitrogen and oxygen atoms in total. The van der Waals surface area contributed by atoms with E-state index in [1.165, 1.54) is 18.2 Å². The zero-order valence-corrected chi connectivity index (χ0v) is 16.5. The Balaban J connectivity index is 2.22. The van der Waals surface area contributed by atoms with Gasteiger partial charge in [-0.15, -0.1) is 0 Å². The Hall–Kier alpha value is -1.31. The molecule has 2 aromatic rings. The van der Waals surface area contributed by atoms with Gasteiger partial charge in [-0.25, -0.2) is 13.1 Å². The van der Waals surface area contributed by atoms with Crippen LogP contribution in [0.5, 0.6) is 5.75 Å². The first-order valence-corrected chi connectivity index (χ1v) is 9.73. The zero-order chi connectivity index (χ0) is 18.6. The van der Waals surface area contributed by atoms with Crippen LogP contribution in [0.25, 0.3) is 0 Å². The summed E-state index contributed by atoms with van der Waals surface area (Å²) >= 11 is 11.8. The maximum absolute atomic E-state index is 12.5. The second-order valence-electron chi connectivity index (χ2n) is 5.71. The Labute approximate surface area is 158 Å². The molecule has 0 spiro atoms. The van der Waals surface area contributed by atoms with Gasteiger partial charge in [0.25, 0.3) is 0 Å². The van der Waals surface area contributed by atoms with E-state index in [1.807, 2.05) is 43.3 Å². The molecule has 0 aliphatic heterocycles. The Bertz CT molecular complexity index is 821. The first-order chi connectivity index (χ1) is 11.7. The molecule has 0 fully saturated rings. The molecule has 0 radical (unpaired) electrons. The topological polar surface area (TPSA) is 58.6 Å². The van der Waals surface area contributed by atoms with Gasteiger partial charge in [-0.3, -0.25) is 0 Å². The van der Waals surface area contributed by atoms with Gasteiger partial charge in [-0.2, -0.15) is 0 Å². The van der Waals surface area contributed by atoms with Crippen molar-refractivity contribution in [2.24, 2.45) is 0 Å². The minimum Gasteiger partial charge on any atom is -0.497 e.